The zero-order valence-electron chi connectivity index (χ0n) is 14.8. The highest BCUT2D eigenvalue weighted by Gasteiger charge is 2.12. The predicted molar refractivity (Wildman–Crippen MR) is 115 cm³/mol. The topological polar surface area (TPSA) is 68.4 Å². The van der Waals surface area contributed by atoms with Crippen molar-refractivity contribution in [3.8, 4) is 10.6 Å². The molecular weight excluding hydrogens is 394 g/mol. The van der Waals surface area contributed by atoms with Crippen LogP contribution in [0.15, 0.2) is 65.7 Å². The maximum absolute atomic E-state index is 11.0. The van der Waals surface area contributed by atoms with E-state index < -0.39 is 4.92 Å². The lowest BCUT2D eigenvalue weighted by molar-refractivity contribution is -0.384. The van der Waals surface area contributed by atoms with Gasteiger partial charge < -0.3 is 0 Å². The maximum Gasteiger partial charge on any atom is 0.288 e. The third-order valence-electron chi connectivity index (χ3n) is 4.19. The van der Waals surface area contributed by atoms with Gasteiger partial charge in [0.25, 0.3) is 5.69 Å². The van der Waals surface area contributed by atoms with Crippen molar-refractivity contribution in [2.24, 2.45) is 4.99 Å². The van der Waals surface area contributed by atoms with Crippen molar-refractivity contribution in [3.63, 3.8) is 0 Å². The van der Waals surface area contributed by atoms with Gasteiger partial charge in [-0.25, -0.2) is 4.98 Å². The van der Waals surface area contributed by atoms with Gasteiger partial charge in [-0.15, -0.1) is 11.3 Å². The Bertz CT molecular complexity index is 1220. The maximum atomic E-state index is 11.0. The second-order valence-electron chi connectivity index (χ2n) is 6.26. The highest BCUT2D eigenvalue weighted by Crippen LogP contribution is 2.31. The van der Waals surface area contributed by atoms with Crippen LogP contribution in [-0.4, -0.2) is 16.1 Å². The number of aliphatic imine (C=N–C) groups is 1. The van der Waals surface area contributed by atoms with Crippen LogP contribution in [-0.2, 0) is 0 Å². The number of thiazole rings is 1. The third-order valence-corrected chi connectivity index (χ3v) is 5.57. The molecule has 0 bridgehead atoms. The van der Waals surface area contributed by atoms with Crippen molar-refractivity contribution in [1.82, 2.24) is 4.98 Å². The van der Waals surface area contributed by atoms with Gasteiger partial charge in [0.1, 0.15) is 10.0 Å². The first kappa shape index (κ1) is 18.3. The van der Waals surface area contributed by atoms with Crippen molar-refractivity contribution in [3.05, 3.63) is 86.9 Å². The summed E-state index contributed by atoms with van der Waals surface area (Å²) >= 11 is 7.49. The molecule has 1 heterocycles. The van der Waals surface area contributed by atoms with E-state index in [9.17, 15) is 10.1 Å². The lowest BCUT2D eigenvalue weighted by Gasteiger charge is -1.99. The number of fused-ring (bicyclic) bond motifs is 1. The number of nitro groups is 1. The molecule has 0 aliphatic carbocycles. The van der Waals surface area contributed by atoms with Gasteiger partial charge in [-0.3, -0.25) is 15.1 Å². The summed E-state index contributed by atoms with van der Waals surface area (Å²) < 4.78 is 1.17. The fourth-order valence-corrected chi connectivity index (χ4v) is 4.00. The van der Waals surface area contributed by atoms with Crippen LogP contribution in [0.1, 0.15) is 11.1 Å². The highest BCUT2D eigenvalue weighted by atomic mass is 35.5. The number of halogens is 1. The molecule has 4 rings (SSSR count). The molecule has 1 aromatic heterocycles. The minimum atomic E-state index is -0.506. The van der Waals surface area contributed by atoms with Crippen LogP contribution in [0, 0.1) is 17.0 Å². The number of aryl methyl sites for hydroxylation is 1. The second kappa shape index (κ2) is 7.50. The molecule has 0 amide bonds. The Balaban J connectivity index is 1.57. The van der Waals surface area contributed by atoms with Crippen molar-refractivity contribution in [2.75, 3.05) is 0 Å². The summed E-state index contributed by atoms with van der Waals surface area (Å²) in [6.07, 6.45) is 1.58. The molecule has 0 radical (unpaired) electrons. The zero-order valence-corrected chi connectivity index (χ0v) is 16.4. The molecule has 0 fully saturated rings. The number of nitro benzene ring substituents is 1. The van der Waals surface area contributed by atoms with Crippen molar-refractivity contribution >= 4 is 50.7 Å². The lowest BCUT2D eigenvalue weighted by atomic mass is 10.2. The zero-order chi connectivity index (χ0) is 19.7. The highest BCUT2D eigenvalue weighted by molar-refractivity contribution is 7.21. The third kappa shape index (κ3) is 3.78. The summed E-state index contributed by atoms with van der Waals surface area (Å²) in [5.74, 6) is 0. The van der Waals surface area contributed by atoms with Crippen LogP contribution >= 0.6 is 22.9 Å². The van der Waals surface area contributed by atoms with E-state index in [0.717, 1.165) is 21.8 Å². The molecule has 138 valence electrons. The van der Waals surface area contributed by atoms with E-state index in [-0.39, 0.29) is 10.7 Å². The van der Waals surface area contributed by atoms with E-state index in [1.807, 2.05) is 30.3 Å². The molecule has 0 N–H and O–H groups in total. The Morgan fingerprint density at radius 3 is 2.64 bits per heavy atom. The van der Waals surface area contributed by atoms with Crippen LogP contribution in [0.4, 0.5) is 11.4 Å². The monoisotopic (exact) mass is 407 g/mol. The Morgan fingerprint density at radius 2 is 1.89 bits per heavy atom. The summed E-state index contributed by atoms with van der Waals surface area (Å²) in [5.41, 5.74) is 4.47. The number of benzene rings is 3. The standard InChI is InChI=1S/C21H14ClN3O2S/c1-13-2-9-18-20(10-13)28-21(24-18)15-4-6-16(7-5-15)23-12-14-3-8-17(22)19(11-14)25(26)27/h2-12H,1H3. The van der Waals surface area contributed by atoms with Gasteiger partial charge in [-0.1, -0.05) is 23.7 Å². The first-order valence-electron chi connectivity index (χ1n) is 8.45. The van der Waals surface area contributed by atoms with Crippen LogP contribution in [0.3, 0.4) is 0 Å². The molecule has 0 atom stereocenters. The van der Waals surface area contributed by atoms with Crippen molar-refractivity contribution in [1.29, 1.82) is 0 Å². The average Bonchev–Trinajstić information content (AvgIpc) is 3.10. The molecule has 5 nitrogen and oxygen atoms in total. The van der Waals surface area contributed by atoms with Gasteiger partial charge in [0, 0.05) is 17.8 Å². The first-order valence-corrected chi connectivity index (χ1v) is 9.65. The van der Waals surface area contributed by atoms with E-state index in [1.165, 1.54) is 22.4 Å². The van der Waals surface area contributed by atoms with E-state index in [0.29, 0.717) is 5.56 Å². The molecular formula is C21H14ClN3O2S. The van der Waals surface area contributed by atoms with E-state index >= 15 is 0 Å². The number of rotatable bonds is 4. The fraction of sp³-hybridized carbons (Fsp3) is 0.0476. The van der Waals surface area contributed by atoms with Gasteiger partial charge in [0.15, 0.2) is 0 Å². The molecule has 7 heteroatoms. The van der Waals surface area contributed by atoms with Gasteiger partial charge in [-0.2, -0.15) is 0 Å². The average molecular weight is 408 g/mol. The minimum Gasteiger partial charge on any atom is -0.258 e. The molecule has 0 aliphatic rings. The van der Waals surface area contributed by atoms with Gasteiger partial charge in [0.05, 0.1) is 20.8 Å². The summed E-state index contributed by atoms with van der Waals surface area (Å²) in [6, 6.07) is 18.6. The number of hydrogen-bond acceptors (Lipinski definition) is 5. The predicted octanol–water partition coefficient (Wildman–Crippen LogP) is 6.58. The minimum absolute atomic E-state index is 0.109. The Morgan fingerprint density at radius 1 is 1.11 bits per heavy atom. The molecule has 0 saturated carbocycles. The summed E-state index contributed by atoms with van der Waals surface area (Å²) in [7, 11) is 0. The van der Waals surface area contributed by atoms with Crippen LogP contribution in [0.5, 0.6) is 0 Å². The largest absolute Gasteiger partial charge is 0.288 e. The van der Waals surface area contributed by atoms with E-state index in [4.69, 9.17) is 11.6 Å². The van der Waals surface area contributed by atoms with Gasteiger partial charge >= 0.3 is 0 Å². The molecule has 3 aromatic carbocycles. The normalized spacial score (nSPS) is 11.4. The SMILES string of the molecule is Cc1ccc2nc(-c3ccc(N=Cc4ccc(Cl)c([N+](=O)[O-])c4)cc3)sc2c1. The fourth-order valence-electron chi connectivity index (χ4n) is 2.74. The summed E-state index contributed by atoms with van der Waals surface area (Å²) in [6.45, 7) is 2.07. The smallest absolute Gasteiger partial charge is 0.258 e. The number of hydrogen-bond donors (Lipinski definition) is 0. The summed E-state index contributed by atoms with van der Waals surface area (Å²) in [4.78, 5) is 19.5. The molecule has 0 spiro atoms. The van der Waals surface area contributed by atoms with E-state index in [1.54, 1.807) is 23.6 Å². The first-order chi connectivity index (χ1) is 13.5. The molecule has 0 unspecified atom stereocenters. The molecule has 4 aromatic rings. The van der Waals surface area contributed by atoms with Crippen LogP contribution in [0.2, 0.25) is 5.02 Å². The van der Waals surface area contributed by atoms with Crippen molar-refractivity contribution in [2.45, 2.75) is 6.92 Å². The van der Waals surface area contributed by atoms with Gasteiger partial charge in [-0.05, 0) is 60.5 Å². The molecule has 0 aliphatic heterocycles. The Kier molecular flexibility index (Phi) is 4.90. The lowest BCUT2D eigenvalue weighted by Crippen LogP contribution is -1.91. The van der Waals surface area contributed by atoms with Crippen LogP contribution < -0.4 is 0 Å². The van der Waals surface area contributed by atoms with Crippen LogP contribution in [0.25, 0.3) is 20.8 Å². The number of aromatic nitrogens is 1. The quantitative estimate of drug-likeness (QED) is 0.218. The Hall–Kier alpha value is -3.09. The van der Waals surface area contributed by atoms with Gasteiger partial charge in [0.2, 0.25) is 0 Å². The summed E-state index contributed by atoms with van der Waals surface area (Å²) in [5, 5.41) is 12.0. The van der Waals surface area contributed by atoms with E-state index in [2.05, 4.69) is 29.0 Å². The Labute approximate surface area is 170 Å². The number of nitrogens with zero attached hydrogens (tertiary/aromatic N) is 3. The molecule has 28 heavy (non-hydrogen) atoms. The second-order valence-corrected chi connectivity index (χ2v) is 7.70. The van der Waals surface area contributed by atoms with Crippen molar-refractivity contribution < 1.29 is 4.92 Å². The molecule has 0 saturated heterocycles.